The lowest BCUT2D eigenvalue weighted by Crippen LogP contribution is -2.48. The van der Waals surface area contributed by atoms with E-state index in [4.69, 9.17) is 19.3 Å². The van der Waals surface area contributed by atoms with Crippen molar-refractivity contribution in [1.82, 2.24) is 10.3 Å². The van der Waals surface area contributed by atoms with Crippen LogP contribution in [0.25, 0.3) is 11.1 Å². The van der Waals surface area contributed by atoms with Gasteiger partial charge in [-0.25, -0.2) is 9.78 Å². The SMILES string of the molecule is COC1O[C@@H](CNC(C)=O)[C@@H]2COc3cc(-c4ccc(C(=O)O)nc4)ccc3N12. The first-order valence-electron chi connectivity index (χ1n) is 9.15. The van der Waals surface area contributed by atoms with Crippen LogP contribution in [0.1, 0.15) is 17.4 Å². The first-order chi connectivity index (χ1) is 14.0. The fourth-order valence-corrected chi connectivity index (χ4v) is 3.61. The van der Waals surface area contributed by atoms with Gasteiger partial charge in [-0.3, -0.25) is 4.79 Å². The second-order valence-electron chi connectivity index (χ2n) is 6.86. The number of aromatic nitrogens is 1. The number of nitrogens with one attached hydrogen (secondary N) is 1. The molecule has 2 aliphatic rings. The number of carboxylic acids is 1. The fraction of sp³-hybridized carbons (Fsp3) is 0.350. The van der Waals surface area contributed by atoms with E-state index >= 15 is 0 Å². The molecule has 3 atom stereocenters. The summed E-state index contributed by atoms with van der Waals surface area (Å²) in [5, 5.41) is 11.8. The van der Waals surface area contributed by atoms with Gasteiger partial charge in [-0.2, -0.15) is 0 Å². The Morgan fingerprint density at radius 2 is 2.10 bits per heavy atom. The van der Waals surface area contributed by atoms with Crippen molar-refractivity contribution in [3.8, 4) is 16.9 Å². The Morgan fingerprint density at radius 1 is 1.31 bits per heavy atom. The van der Waals surface area contributed by atoms with Gasteiger partial charge in [0.15, 0.2) is 0 Å². The van der Waals surface area contributed by atoms with Crippen molar-refractivity contribution in [2.45, 2.75) is 25.5 Å². The van der Waals surface area contributed by atoms with Crippen LogP contribution >= 0.6 is 0 Å². The minimum Gasteiger partial charge on any atom is -0.489 e. The number of pyridine rings is 1. The lowest BCUT2D eigenvalue weighted by atomic mass is 10.0. The van der Waals surface area contributed by atoms with Crippen molar-refractivity contribution in [1.29, 1.82) is 0 Å². The number of hydrogen-bond acceptors (Lipinski definition) is 7. The zero-order chi connectivity index (χ0) is 20.5. The third-order valence-electron chi connectivity index (χ3n) is 5.02. The number of anilines is 1. The third kappa shape index (κ3) is 3.62. The molecule has 9 heteroatoms. The first-order valence-corrected chi connectivity index (χ1v) is 9.15. The van der Waals surface area contributed by atoms with Gasteiger partial charge in [0.2, 0.25) is 12.3 Å². The number of carbonyl (C=O) groups is 2. The molecule has 4 rings (SSSR count). The number of amides is 1. The maximum absolute atomic E-state index is 11.3. The predicted molar refractivity (Wildman–Crippen MR) is 103 cm³/mol. The summed E-state index contributed by atoms with van der Waals surface area (Å²) in [7, 11) is 1.57. The van der Waals surface area contributed by atoms with Gasteiger partial charge in [0.25, 0.3) is 0 Å². The minimum absolute atomic E-state index is 0.00633. The first kappa shape index (κ1) is 19.2. The lowest BCUT2D eigenvalue weighted by molar-refractivity contribution is -0.124. The number of fused-ring (bicyclic) bond motifs is 3. The second-order valence-corrected chi connectivity index (χ2v) is 6.86. The Bertz CT molecular complexity index is 932. The number of rotatable bonds is 5. The van der Waals surface area contributed by atoms with Crippen LogP contribution < -0.4 is 15.0 Å². The van der Waals surface area contributed by atoms with Gasteiger partial charge in [0.05, 0.1) is 11.7 Å². The molecule has 9 nitrogen and oxygen atoms in total. The quantitative estimate of drug-likeness (QED) is 0.778. The van der Waals surface area contributed by atoms with Crippen LogP contribution in [0, 0.1) is 0 Å². The summed E-state index contributed by atoms with van der Waals surface area (Å²) in [6, 6.07) is 8.80. The van der Waals surface area contributed by atoms with Gasteiger partial charge in [-0.1, -0.05) is 12.1 Å². The van der Waals surface area contributed by atoms with Crippen molar-refractivity contribution in [2.24, 2.45) is 0 Å². The molecule has 152 valence electrons. The predicted octanol–water partition coefficient (Wildman–Crippen LogP) is 1.48. The van der Waals surface area contributed by atoms with Crippen LogP contribution in [0.3, 0.4) is 0 Å². The molecule has 0 bridgehead atoms. The number of carbonyl (C=O) groups excluding carboxylic acids is 1. The maximum Gasteiger partial charge on any atom is 0.354 e. The Labute approximate surface area is 167 Å². The molecule has 2 aliphatic heterocycles. The van der Waals surface area contributed by atoms with E-state index in [9.17, 15) is 9.59 Å². The average molecular weight is 399 g/mol. The van der Waals surface area contributed by atoms with Crippen LogP contribution in [0.5, 0.6) is 5.75 Å². The summed E-state index contributed by atoms with van der Waals surface area (Å²) >= 11 is 0. The van der Waals surface area contributed by atoms with E-state index in [-0.39, 0.29) is 23.7 Å². The number of ether oxygens (including phenoxy) is 3. The van der Waals surface area contributed by atoms with Gasteiger partial charge < -0.3 is 29.5 Å². The fourth-order valence-electron chi connectivity index (χ4n) is 3.61. The summed E-state index contributed by atoms with van der Waals surface area (Å²) in [6.45, 7) is 2.22. The molecule has 1 aromatic carbocycles. The smallest absolute Gasteiger partial charge is 0.354 e. The summed E-state index contributed by atoms with van der Waals surface area (Å²) in [5.74, 6) is -0.512. The second kappa shape index (κ2) is 7.69. The molecule has 0 radical (unpaired) electrons. The maximum atomic E-state index is 11.3. The molecular weight excluding hydrogens is 378 g/mol. The average Bonchev–Trinajstić information content (AvgIpc) is 3.10. The molecule has 2 aromatic rings. The van der Waals surface area contributed by atoms with Crippen LogP contribution in [-0.4, -0.2) is 60.8 Å². The van der Waals surface area contributed by atoms with E-state index in [2.05, 4.69) is 10.3 Å². The zero-order valence-corrected chi connectivity index (χ0v) is 16.0. The molecular formula is C20H21N3O6. The molecule has 1 fully saturated rings. The molecule has 1 amide bonds. The van der Waals surface area contributed by atoms with E-state index in [0.29, 0.717) is 18.9 Å². The van der Waals surface area contributed by atoms with E-state index in [1.54, 1.807) is 13.2 Å². The normalized spacial score (nSPS) is 22.4. The van der Waals surface area contributed by atoms with Crippen molar-refractivity contribution < 1.29 is 28.9 Å². The molecule has 2 N–H and O–H groups in total. The van der Waals surface area contributed by atoms with Crippen molar-refractivity contribution in [2.75, 3.05) is 25.2 Å². The monoisotopic (exact) mass is 399 g/mol. The number of benzene rings is 1. The van der Waals surface area contributed by atoms with E-state index < -0.39 is 12.4 Å². The van der Waals surface area contributed by atoms with Gasteiger partial charge in [-0.15, -0.1) is 0 Å². The summed E-state index contributed by atoms with van der Waals surface area (Å²) in [4.78, 5) is 28.2. The molecule has 0 aliphatic carbocycles. The Balaban J connectivity index is 1.60. The molecule has 1 saturated heterocycles. The molecule has 1 unspecified atom stereocenters. The van der Waals surface area contributed by atoms with Crippen LogP contribution in [0.4, 0.5) is 5.69 Å². The number of hydrogen-bond donors (Lipinski definition) is 2. The number of carboxylic acid groups (broad SMARTS) is 1. The largest absolute Gasteiger partial charge is 0.489 e. The highest BCUT2D eigenvalue weighted by molar-refractivity contribution is 5.86. The summed E-state index contributed by atoms with van der Waals surface area (Å²) in [6.07, 6.45) is 0.685. The van der Waals surface area contributed by atoms with Crippen molar-refractivity contribution in [3.05, 3.63) is 42.2 Å². The Kier molecular flexibility index (Phi) is 5.08. The third-order valence-corrected chi connectivity index (χ3v) is 5.02. The van der Waals surface area contributed by atoms with Crippen molar-refractivity contribution in [3.63, 3.8) is 0 Å². The van der Waals surface area contributed by atoms with Gasteiger partial charge in [-0.05, 0) is 23.8 Å². The van der Waals surface area contributed by atoms with Crippen LogP contribution in [-0.2, 0) is 14.3 Å². The van der Waals surface area contributed by atoms with Crippen LogP contribution in [0.2, 0.25) is 0 Å². The standard InChI is InChI=1S/C20H21N3O6/c1-11(24)21-9-18-16-10-28-17-7-12(13-3-5-14(19(25)26)22-8-13)4-6-15(17)23(16)20(27-2)29-18/h3-8,16,18,20H,9-10H2,1-2H3,(H,21,24)(H,25,26)/t16-,18-,20?/m0/s1. The number of methoxy groups -OCH3 is 1. The minimum atomic E-state index is -1.06. The van der Waals surface area contributed by atoms with Crippen LogP contribution in [0.15, 0.2) is 36.5 Å². The molecule has 29 heavy (non-hydrogen) atoms. The molecule has 1 aromatic heterocycles. The highest BCUT2D eigenvalue weighted by Crippen LogP contribution is 2.42. The Morgan fingerprint density at radius 3 is 2.76 bits per heavy atom. The summed E-state index contributed by atoms with van der Waals surface area (Å²) in [5.41, 5.74) is 2.47. The topological polar surface area (TPSA) is 110 Å². The number of nitrogens with zero attached hydrogens (tertiary/aromatic N) is 2. The molecule has 0 spiro atoms. The van der Waals surface area contributed by atoms with Gasteiger partial charge in [0, 0.05) is 32.3 Å². The van der Waals surface area contributed by atoms with Gasteiger partial charge >= 0.3 is 5.97 Å². The lowest BCUT2D eigenvalue weighted by Gasteiger charge is -2.35. The highest BCUT2D eigenvalue weighted by atomic mass is 16.7. The van der Waals surface area contributed by atoms with Gasteiger partial charge in [0.1, 0.15) is 24.2 Å². The molecule has 3 heterocycles. The highest BCUT2D eigenvalue weighted by Gasteiger charge is 2.46. The zero-order valence-electron chi connectivity index (χ0n) is 16.0. The van der Waals surface area contributed by atoms with E-state index in [1.807, 2.05) is 23.1 Å². The van der Waals surface area contributed by atoms with Crippen molar-refractivity contribution >= 4 is 17.6 Å². The molecule has 0 saturated carbocycles. The van der Waals surface area contributed by atoms with E-state index in [0.717, 1.165) is 16.8 Å². The summed E-state index contributed by atoms with van der Waals surface area (Å²) < 4.78 is 17.4. The van der Waals surface area contributed by atoms with E-state index in [1.165, 1.54) is 19.2 Å². The number of aromatic carboxylic acids is 1. The Hall–Kier alpha value is -3.17.